The lowest BCUT2D eigenvalue weighted by atomic mass is 9.88. The maximum atomic E-state index is 13.2. The average molecular weight is 504 g/mol. The Labute approximate surface area is 206 Å². The van der Waals surface area contributed by atoms with Crippen molar-refractivity contribution in [3.8, 4) is 5.75 Å². The van der Waals surface area contributed by atoms with Crippen molar-refractivity contribution < 1.29 is 32.6 Å². The first-order valence-electron chi connectivity index (χ1n) is 11.7. The molecule has 7 nitrogen and oxygen atoms in total. The molecule has 2 aromatic rings. The Morgan fingerprint density at radius 3 is 2.72 bits per heavy atom. The summed E-state index contributed by atoms with van der Waals surface area (Å²) in [7, 11) is 0. The van der Waals surface area contributed by atoms with Gasteiger partial charge in [0, 0.05) is 49.1 Å². The van der Waals surface area contributed by atoms with Gasteiger partial charge in [-0.25, -0.2) is 4.79 Å². The van der Waals surface area contributed by atoms with Crippen LogP contribution in [0.5, 0.6) is 5.75 Å². The molecule has 2 aromatic carbocycles. The van der Waals surface area contributed by atoms with Gasteiger partial charge in [-0.3, -0.25) is 4.79 Å². The predicted octanol–water partition coefficient (Wildman–Crippen LogP) is 5.41. The molecule has 0 unspecified atom stereocenters. The number of nitrogens with one attached hydrogen (secondary N) is 2. The van der Waals surface area contributed by atoms with Gasteiger partial charge in [0.15, 0.2) is 0 Å². The number of alkyl halides is 3. The van der Waals surface area contributed by atoms with Gasteiger partial charge in [0.25, 0.3) is 0 Å². The second-order valence-electron chi connectivity index (χ2n) is 9.56. The van der Waals surface area contributed by atoms with Gasteiger partial charge in [-0.2, -0.15) is 13.2 Å². The summed E-state index contributed by atoms with van der Waals surface area (Å²) < 4.78 is 45.3. The molecule has 10 heteroatoms. The van der Waals surface area contributed by atoms with Crippen molar-refractivity contribution in [1.82, 2.24) is 4.90 Å². The van der Waals surface area contributed by atoms with Crippen LogP contribution in [0.3, 0.4) is 0 Å². The number of carbonyl (C=O) groups is 2. The molecule has 2 aliphatic heterocycles. The number of benzene rings is 2. The third-order valence-corrected chi connectivity index (χ3v) is 6.07. The first-order valence-corrected chi connectivity index (χ1v) is 11.7. The van der Waals surface area contributed by atoms with E-state index in [0.29, 0.717) is 54.9 Å². The number of anilines is 2. The van der Waals surface area contributed by atoms with E-state index in [4.69, 9.17) is 9.84 Å². The minimum absolute atomic E-state index is 0.0793. The van der Waals surface area contributed by atoms with Crippen LogP contribution in [0.2, 0.25) is 0 Å². The van der Waals surface area contributed by atoms with Gasteiger partial charge in [0.2, 0.25) is 5.91 Å². The van der Waals surface area contributed by atoms with Crippen molar-refractivity contribution >= 4 is 28.9 Å². The largest absolute Gasteiger partial charge is 0.487 e. The number of ether oxygens (including phenoxy) is 1. The highest BCUT2D eigenvalue weighted by Crippen LogP contribution is 2.43. The van der Waals surface area contributed by atoms with Gasteiger partial charge >= 0.3 is 12.2 Å². The molecule has 0 spiro atoms. The minimum Gasteiger partial charge on any atom is -0.487 e. The molecular formula is C26H28F3N3O4. The number of unbranched alkanes of at least 4 members (excludes halogenated alkanes) is 1. The lowest BCUT2D eigenvalue weighted by Crippen LogP contribution is -2.39. The van der Waals surface area contributed by atoms with E-state index in [9.17, 15) is 22.8 Å². The monoisotopic (exact) mass is 503 g/mol. The predicted molar refractivity (Wildman–Crippen MR) is 130 cm³/mol. The van der Waals surface area contributed by atoms with Gasteiger partial charge < -0.3 is 25.4 Å². The highest BCUT2D eigenvalue weighted by molar-refractivity contribution is 6.05. The summed E-state index contributed by atoms with van der Waals surface area (Å²) in [6, 6.07) is 8.25. The van der Waals surface area contributed by atoms with Gasteiger partial charge in [0.05, 0.1) is 5.56 Å². The molecule has 0 aliphatic carbocycles. The average Bonchev–Trinajstić information content (AvgIpc) is 2.77. The van der Waals surface area contributed by atoms with E-state index in [0.717, 1.165) is 17.7 Å². The molecule has 0 atom stereocenters. The number of amides is 3. The van der Waals surface area contributed by atoms with Crippen LogP contribution in [0.4, 0.5) is 29.3 Å². The Hall–Kier alpha value is -3.53. The van der Waals surface area contributed by atoms with Crippen molar-refractivity contribution in [3.63, 3.8) is 0 Å². The Balaban J connectivity index is 1.51. The van der Waals surface area contributed by atoms with Crippen LogP contribution in [0, 0.1) is 0 Å². The molecule has 0 saturated heterocycles. The normalized spacial score (nSPS) is 17.7. The summed E-state index contributed by atoms with van der Waals surface area (Å²) in [5.41, 5.74) is 1.38. The number of hydrogen-bond donors (Lipinski definition) is 3. The number of hydrogen-bond acceptors (Lipinski definition) is 4. The van der Waals surface area contributed by atoms with E-state index >= 15 is 0 Å². The molecule has 4 rings (SSSR count). The summed E-state index contributed by atoms with van der Waals surface area (Å²) in [4.78, 5) is 26.9. The van der Waals surface area contributed by atoms with E-state index in [-0.39, 0.29) is 18.4 Å². The lowest BCUT2D eigenvalue weighted by Gasteiger charge is -2.34. The van der Waals surface area contributed by atoms with E-state index in [1.54, 1.807) is 30.9 Å². The standard InChI is InChI=1S/C26H28F3N3O4/c1-25(2)14-17(20-8-6-18(26(27,28)29)12-22(20)36-25)11-23(34)30-19-7-5-16-15-32(9-3-4-10-33)24(35)31-21(16)13-19/h5-8,11-13,33H,3-4,9-10,14-15H2,1-2H3,(H,30,34)(H,31,35). The highest BCUT2D eigenvalue weighted by Gasteiger charge is 2.35. The molecule has 0 saturated carbocycles. The second-order valence-corrected chi connectivity index (χ2v) is 9.56. The van der Waals surface area contributed by atoms with E-state index in [1.165, 1.54) is 12.1 Å². The maximum absolute atomic E-state index is 13.2. The number of rotatable bonds is 6. The van der Waals surface area contributed by atoms with E-state index in [2.05, 4.69) is 10.6 Å². The van der Waals surface area contributed by atoms with E-state index < -0.39 is 23.2 Å². The molecule has 0 fully saturated rings. The molecule has 0 radical (unpaired) electrons. The minimum atomic E-state index is -4.50. The van der Waals surface area contributed by atoms with Gasteiger partial charge in [0.1, 0.15) is 11.4 Å². The fourth-order valence-electron chi connectivity index (χ4n) is 4.38. The first kappa shape index (κ1) is 25.6. The highest BCUT2D eigenvalue weighted by atomic mass is 19.4. The smallest absolute Gasteiger partial charge is 0.416 e. The summed E-state index contributed by atoms with van der Waals surface area (Å²) in [6.07, 6.45) is -1.47. The second kappa shape index (κ2) is 9.85. The SMILES string of the molecule is CC1(C)CC(=CC(=O)Nc2ccc3c(c2)NC(=O)N(CCCCO)C3)c2ccc(C(F)(F)F)cc2O1. The Kier molecular flexibility index (Phi) is 6.99. The first-order chi connectivity index (χ1) is 16.9. The number of halogens is 3. The number of urea groups is 1. The lowest BCUT2D eigenvalue weighted by molar-refractivity contribution is -0.137. The fraction of sp³-hybridized carbons (Fsp3) is 0.385. The summed E-state index contributed by atoms with van der Waals surface area (Å²) in [5, 5.41) is 14.5. The van der Waals surface area contributed by atoms with Crippen LogP contribution in [-0.2, 0) is 17.5 Å². The van der Waals surface area contributed by atoms with E-state index in [1.807, 2.05) is 6.07 Å². The number of nitrogens with zero attached hydrogens (tertiary/aromatic N) is 1. The van der Waals surface area contributed by atoms with Gasteiger partial charge in [-0.15, -0.1) is 0 Å². The maximum Gasteiger partial charge on any atom is 0.416 e. The molecule has 192 valence electrons. The van der Waals surface area contributed by atoms with Crippen molar-refractivity contribution in [1.29, 1.82) is 0 Å². The van der Waals surface area contributed by atoms with Crippen molar-refractivity contribution in [2.45, 2.75) is 51.4 Å². The fourth-order valence-corrected chi connectivity index (χ4v) is 4.38. The zero-order valence-corrected chi connectivity index (χ0v) is 20.0. The Morgan fingerprint density at radius 2 is 2.00 bits per heavy atom. The molecule has 2 heterocycles. The Morgan fingerprint density at radius 1 is 1.22 bits per heavy atom. The van der Waals surface area contributed by atoms with Crippen LogP contribution in [0.25, 0.3) is 5.57 Å². The van der Waals surface area contributed by atoms with Crippen LogP contribution in [-0.4, -0.2) is 40.7 Å². The number of carbonyl (C=O) groups excluding carboxylic acids is 2. The van der Waals surface area contributed by atoms with Crippen LogP contribution < -0.4 is 15.4 Å². The Bertz CT molecular complexity index is 1210. The van der Waals surface area contributed by atoms with Crippen LogP contribution in [0.1, 0.15) is 49.8 Å². The number of aliphatic hydroxyl groups is 1. The number of aliphatic hydroxyl groups excluding tert-OH is 1. The van der Waals surface area contributed by atoms with Crippen LogP contribution >= 0.6 is 0 Å². The summed E-state index contributed by atoms with van der Waals surface area (Å²) in [5.74, 6) is -0.360. The van der Waals surface area contributed by atoms with Crippen molar-refractivity contribution in [2.75, 3.05) is 23.8 Å². The van der Waals surface area contributed by atoms with Gasteiger partial charge in [-0.05, 0) is 62.1 Å². The molecule has 3 amide bonds. The molecule has 3 N–H and O–H groups in total. The van der Waals surface area contributed by atoms with Gasteiger partial charge in [-0.1, -0.05) is 12.1 Å². The zero-order chi connectivity index (χ0) is 26.1. The summed E-state index contributed by atoms with van der Waals surface area (Å²) in [6.45, 7) is 4.54. The van der Waals surface area contributed by atoms with Crippen molar-refractivity contribution in [3.05, 3.63) is 59.2 Å². The molecular weight excluding hydrogens is 475 g/mol. The number of fused-ring (bicyclic) bond motifs is 2. The third-order valence-electron chi connectivity index (χ3n) is 6.07. The molecule has 0 bridgehead atoms. The van der Waals surface area contributed by atoms with Crippen molar-refractivity contribution in [2.24, 2.45) is 0 Å². The summed E-state index contributed by atoms with van der Waals surface area (Å²) >= 11 is 0. The molecule has 36 heavy (non-hydrogen) atoms. The quantitative estimate of drug-likeness (QED) is 0.363. The third kappa shape index (κ3) is 5.81. The topological polar surface area (TPSA) is 90.9 Å². The molecule has 0 aromatic heterocycles. The van der Waals surface area contributed by atoms with Crippen LogP contribution in [0.15, 0.2) is 42.5 Å². The molecule has 2 aliphatic rings. The zero-order valence-electron chi connectivity index (χ0n) is 20.0.